The van der Waals surface area contributed by atoms with E-state index in [1.165, 1.54) is 4.90 Å². The molecule has 1 fully saturated rings. The van der Waals surface area contributed by atoms with Crippen molar-refractivity contribution in [1.82, 2.24) is 20.2 Å². The predicted octanol–water partition coefficient (Wildman–Crippen LogP) is 3.77. The lowest BCUT2D eigenvalue weighted by Crippen LogP contribution is -2.45. The van der Waals surface area contributed by atoms with Crippen LogP contribution in [0.2, 0.25) is 0 Å². The number of carbonyl (C=O) groups is 2. The highest BCUT2D eigenvalue weighted by molar-refractivity contribution is 5.82. The van der Waals surface area contributed by atoms with Gasteiger partial charge in [-0.2, -0.15) is 4.98 Å². The van der Waals surface area contributed by atoms with Gasteiger partial charge < -0.3 is 25.4 Å². The number of aromatic nitrogens is 2. The molecule has 34 heavy (non-hydrogen) atoms. The van der Waals surface area contributed by atoms with Crippen LogP contribution in [0.4, 0.5) is 10.7 Å². The predicted molar refractivity (Wildman–Crippen MR) is 133 cm³/mol. The topological polar surface area (TPSA) is 120 Å². The lowest BCUT2D eigenvalue weighted by Gasteiger charge is -2.28. The molecule has 1 saturated carbocycles. The summed E-state index contributed by atoms with van der Waals surface area (Å²) in [7, 11) is 1.55. The zero-order valence-electron chi connectivity index (χ0n) is 21.9. The Morgan fingerprint density at radius 1 is 1.29 bits per heavy atom. The molecule has 0 aromatic carbocycles. The Kier molecular flexibility index (Phi) is 11.6. The van der Waals surface area contributed by atoms with E-state index in [1.807, 2.05) is 27.7 Å². The summed E-state index contributed by atoms with van der Waals surface area (Å²) in [5, 5.41) is 3.02. The van der Waals surface area contributed by atoms with Gasteiger partial charge in [0.1, 0.15) is 17.7 Å². The molecule has 2 rings (SSSR count). The van der Waals surface area contributed by atoms with Crippen LogP contribution in [0.15, 0.2) is 6.20 Å². The molecule has 2 atom stereocenters. The van der Waals surface area contributed by atoms with Crippen molar-refractivity contribution >= 4 is 17.9 Å². The normalized spacial score (nSPS) is 17.4. The van der Waals surface area contributed by atoms with Gasteiger partial charge in [0.25, 0.3) is 0 Å². The number of nitrogens with one attached hydrogen (secondary N) is 1. The SMILES string of the molecule is CC.CC(C)Oc1nc(N)ncc1C#C[C@@H]1CCC[C@H](NC(=O)CN(C)C(=O)OC(C)(C)C)C1. The molecule has 0 bridgehead atoms. The quantitative estimate of drug-likeness (QED) is 0.622. The van der Waals surface area contributed by atoms with Crippen LogP contribution in [-0.4, -0.2) is 58.2 Å². The third-order valence-corrected chi connectivity index (χ3v) is 4.66. The van der Waals surface area contributed by atoms with Gasteiger partial charge in [-0.25, -0.2) is 9.78 Å². The second-order valence-electron chi connectivity index (χ2n) is 9.35. The summed E-state index contributed by atoms with van der Waals surface area (Å²) < 4.78 is 11.0. The Bertz CT molecular complexity index is 870. The van der Waals surface area contributed by atoms with Crippen molar-refractivity contribution in [2.75, 3.05) is 19.3 Å². The third kappa shape index (κ3) is 10.7. The van der Waals surface area contributed by atoms with Crippen LogP contribution in [0.1, 0.15) is 79.7 Å². The Labute approximate surface area is 204 Å². The van der Waals surface area contributed by atoms with Crippen molar-refractivity contribution in [3.8, 4) is 17.7 Å². The maximum Gasteiger partial charge on any atom is 0.410 e. The fourth-order valence-corrected chi connectivity index (χ4v) is 3.30. The average Bonchev–Trinajstić information content (AvgIpc) is 2.73. The van der Waals surface area contributed by atoms with Crippen LogP contribution in [-0.2, 0) is 9.53 Å². The molecule has 0 spiro atoms. The fourth-order valence-electron chi connectivity index (χ4n) is 3.30. The van der Waals surface area contributed by atoms with Gasteiger partial charge in [-0.3, -0.25) is 4.79 Å². The van der Waals surface area contributed by atoms with E-state index < -0.39 is 11.7 Å². The van der Waals surface area contributed by atoms with E-state index in [1.54, 1.807) is 34.0 Å². The molecule has 9 heteroatoms. The number of likely N-dealkylation sites (N-methyl/N-ethyl adjacent to an activating group) is 1. The lowest BCUT2D eigenvalue weighted by atomic mass is 9.86. The first-order chi connectivity index (χ1) is 15.9. The van der Waals surface area contributed by atoms with Crippen molar-refractivity contribution in [2.45, 2.75) is 91.9 Å². The van der Waals surface area contributed by atoms with Gasteiger partial charge in [0.15, 0.2) is 0 Å². The number of ether oxygens (including phenoxy) is 2. The van der Waals surface area contributed by atoms with Crippen LogP contribution >= 0.6 is 0 Å². The first-order valence-corrected chi connectivity index (χ1v) is 12.0. The minimum Gasteiger partial charge on any atom is -0.474 e. The molecule has 1 aromatic heterocycles. The second-order valence-corrected chi connectivity index (χ2v) is 9.35. The Morgan fingerprint density at radius 3 is 2.59 bits per heavy atom. The largest absolute Gasteiger partial charge is 0.474 e. The van der Waals surface area contributed by atoms with Crippen LogP contribution in [0, 0.1) is 17.8 Å². The van der Waals surface area contributed by atoms with Gasteiger partial charge in [-0.05, 0) is 53.9 Å². The molecule has 1 aliphatic carbocycles. The van der Waals surface area contributed by atoms with E-state index in [-0.39, 0.29) is 36.5 Å². The van der Waals surface area contributed by atoms with Gasteiger partial charge in [0, 0.05) is 19.0 Å². The number of carbonyl (C=O) groups excluding carboxylic acids is 2. The van der Waals surface area contributed by atoms with Crippen molar-refractivity contribution < 1.29 is 19.1 Å². The minimum atomic E-state index is -0.604. The van der Waals surface area contributed by atoms with Gasteiger partial charge in [-0.15, -0.1) is 0 Å². The van der Waals surface area contributed by atoms with E-state index in [2.05, 4.69) is 27.1 Å². The second kappa shape index (κ2) is 13.6. The molecule has 0 radical (unpaired) electrons. The van der Waals surface area contributed by atoms with Gasteiger partial charge >= 0.3 is 6.09 Å². The number of anilines is 1. The van der Waals surface area contributed by atoms with Gasteiger partial charge in [0.05, 0.1) is 12.3 Å². The van der Waals surface area contributed by atoms with Gasteiger partial charge in [0.2, 0.25) is 17.7 Å². The van der Waals surface area contributed by atoms with E-state index in [0.29, 0.717) is 11.4 Å². The maximum absolute atomic E-state index is 12.4. The molecule has 0 unspecified atom stereocenters. The summed E-state index contributed by atoms with van der Waals surface area (Å²) in [6, 6.07) is 0.0108. The lowest BCUT2D eigenvalue weighted by molar-refractivity contribution is -0.123. The molecule has 1 heterocycles. The molecular weight excluding hydrogens is 434 g/mol. The van der Waals surface area contributed by atoms with Crippen molar-refractivity contribution in [3.05, 3.63) is 11.8 Å². The van der Waals surface area contributed by atoms with Gasteiger partial charge in [-0.1, -0.05) is 32.1 Å². The number of nitrogen functional groups attached to an aromatic ring is 1. The average molecular weight is 476 g/mol. The van der Waals surface area contributed by atoms with E-state index in [9.17, 15) is 9.59 Å². The molecule has 190 valence electrons. The van der Waals surface area contributed by atoms with Crippen molar-refractivity contribution in [2.24, 2.45) is 5.92 Å². The Morgan fingerprint density at radius 2 is 1.97 bits per heavy atom. The number of amides is 2. The van der Waals surface area contributed by atoms with Crippen molar-refractivity contribution in [3.63, 3.8) is 0 Å². The standard InChI is InChI=1S/C23H35N5O4.C2H6/c1-15(2)31-20-17(13-25-21(24)27-20)11-10-16-8-7-9-18(12-16)26-19(29)14-28(6)22(30)32-23(3,4)5;1-2/h13,15-16,18H,7-9,12,14H2,1-6H3,(H,26,29)(H2,24,25,27);1-2H3/t16-,18-;/m0./s1. The summed E-state index contributed by atoms with van der Waals surface area (Å²) in [5.41, 5.74) is 5.66. The van der Waals surface area contributed by atoms with E-state index in [0.717, 1.165) is 25.7 Å². The molecule has 0 aliphatic heterocycles. The van der Waals surface area contributed by atoms with Crippen LogP contribution < -0.4 is 15.8 Å². The third-order valence-electron chi connectivity index (χ3n) is 4.66. The Balaban J connectivity index is 0.00000281. The first kappa shape index (κ1) is 29.0. The summed E-state index contributed by atoms with van der Waals surface area (Å²) in [5.74, 6) is 6.83. The van der Waals surface area contributed by atoms with Crippen molar-refractivity contribution in [1.29, 1.82) is 0 Å². The molecule has 1 aromatic rings. The monoisotopic (exact) mass is 475 g/mol. The number of hydrogen-bond acceptors (Lipinski definition) is 7. The molecule has 1 aliphatic rings. The zero-order chi connectivity index (χ0) is 25.9. The summed E-state index contributed by atoms with van der Waals surface area (Å²) in [6.45, 7) is 13.1. The van der Waals surface area contributed by atoms with Crippen LogP contribution in [0.5, 0.6) is 5.88 Å². The summed E-state index contributed by atoms with van der Waals surface area (Å²) >= 11 is 0. The molecule has 2 amide bonds. The summed E-state index contributed by atoms with van der Waals surface area (Å²) in [6.07, 6.45) is 4.52. The fraction of sp³-hybridized carbons (Fsp3) is 0.680. The number of nitrogens with two attached hydrogens (primary N) is 1. The highest BCUT2D eigenvalue weighted by Crippen LogP contribution is 2.24. The van der Waals surface area contributed by atoms with E-state index in [4.69, 9.17) is 15.2 Å². The highest BCUT2D eigenvalue weighted by Gasteiger charge is 2.25. The van der Waals surface area contributed by atoms with E-state index >= 15 is 0 Å². The number of rotatable bonds is 5. The number of nitrogens with zero attached hydrogens (tertiary/aromatic N) is 3. The highest BCUT2D eigenvalue weighted by atomic mass is 16.6. The maximum atomic E-state index is 12.4. The first-order valence-electron chi connectivity index (χ1n) is 12.0. The smallest absolute Gasteiger partial charge is 0.410 e. The number of hydrogen-bond donors (Lipinski definition) is 2. The molecular formula is C25H41N5O4. The molecule has 9 nitrogen and oxygen atoms in total. The van der Waals surface area contributed by atoms with Crippen LogP contribution in [0.3, 0.4) is 0 Å². The summed E-state index contributed by atoms with van der Waals surface area (Å²) in [4.78, 5) is 33.9. The zero-order valence-corrected chi connectivity index (χ0v) is 21.9. The Hall–Kier alpha value is -3.02. The molecule has 3 N–H and O–H groups in total. The minimum absolute atomic E-state index is 0.0108. The molecule has 0 saturated heterocycles. The van der Waals surface area contributed by atoms with Crippen LogP contribution in [0.25, 0.3) is 0 Å².